The van der Waals surface area contributed by atoms with Gasteiger partial charge < -0.3 is 0 Å². The molecule has 0 amide bonds. The summed E-state index contributed by atoms with van der Waals surface area (Å²) in [6, 6.07) is 14.0. The van der Waals surface area contributed by atoms with Gasteiger partial charge in [-0.3, -0.25) is 4.79 Å². The van der Waals surface area contributed by atoms with E-state index < -0.39 is 8.07 Å². The Morgan fingerprint density at radius 3 is 2.39 bits per heavy atom. The molecule has 0 N–H and O–H groups in total. The van der Waals surface area contributed by atoms with Crippen molar-refractivity contribution in [2.45, 2.75) is 51.9 Å². The number of ketones is 1. The maximum absolute atomic E-state index is 12.4. The summed E-state index contributed by atoms with van der Waals surface area (Å²) in [5.74, 6) is 0.339. The highest BCUT2D eigenvalue weighted by Crippen LogP contribution is 2.37. The molecular formula is C21H26OSi. The molecule has 0 saturated carbocycles. The predicted octanol–water partition coefficient (Wildman–Crippen LogP) is 5.60. The van der Waals surface area contributed by atoms with Crippen LogP contribution >= 0.6 is 0 Å². The van der Waals surface area contributed by atoms with Gasteiger partial charge in [-0.1, -0.05) is 50.0 Å². The molecule has 0 bridgehead atoms. The number of hydrogen-bond donors (Lipinski definition) is 0. The molecular weight excluding hydrogens is 296 g/mol. The van der Waals surface area contributed by atoms with E-state index in [4.69, 9.17) is 0 Å². The molecule has 23 heavy (non-hydrogen) atoms. The SMILES string of the molecule is Cc1cc2c(c(C[Si](C)(C)C)c1-c1ccccc1)CCCC2=O. The predicted molar refractivity (Wildman–Crippen MR) is 101 cm³/mol. The maximum Gasteiger partial charge on any atom is 0.163 e. The number of fused-ring (bicyclic) bond motifs is 1. The van der Waals surface area contributed by atoms with E-state index >= 15 is 0 Å². The molecule has 3 rings (SSSR count). The van der Waals surface area contributed by atoms with Gasteiger partial charge in [0.15, 0.2) is 5.78 Å². The highest BCUT2D eigenvalue weighted by atomic mass is 28.3. The number of carbonyl (C=O) groups excluding carboxylic acids is 1. The van der Waals surface area contributed by atoms with Gasteiger partial charge in [0.1, 0.15) is 0 Å². The van der Waals surface area contributed by atoms with Gasteiger partial charge >= 0.3 is 0 Å². The number of hydrogen-bond acceptors (Lipinski definition) is 1. The van der Waals surface area contributed by atoms with Gasteiger partial charge in [0.05, 0.1) is 0 Å². The molecule has 1 aliphatic rings. The smallest absolute Gasteiger partial charge is 0.163 e. The van der Waals surface area contributed by atoms with Gasteiger partial charge in [-0.2, -0.15) is 0 Å². The van der Waals surface area contributed by atoms with Crippen LogP contribution in [0.15, 0.2) is 36.4 Å². The Kier molecular flexibility index (Phi) is 4.28. The zero-order valence-electron chi connectivity index (χ0n) is 14.7. The van der Waals surface area contributed by atoms with Crippen LogP contribution in [0.3, 0.4) is 0 Å². The van der Waals surface area contributed by atoms with Crippen LogP contribution in [-0.4, -0.2) is 13.9 Å². The van der Waals surface area contributed by atoms with Crippen molar-refractivity contribution in [1.82, 2.24) is 0 Å². The Balaban J connectivity index is 2.28. The van der Waals surface area contributed by atoms with Crippen molar-refractivity contribution in [3.05, 3.63) is 58.7 Å². The van der Waals surface area contributed by atoms with Crippen molar-refractivity contribution in [2.75, 3.05) is 0 Å². The number of aryl methyl sites for hydroxylation is 1. The second kappa shape index (κ2) is 6.08. The fourth-order valence-corrected chi connectivity index (χ4v) is 5.20. The molecule has 2 heteroatoms. The van der Waals surface area contributed by atoms with Crippen molar-refractivity contribution in [2.24, 2.45) is 0 Å². The van der Waals surface area contributed by atoms with E-state index in [0.717, 1.165) is 24.4 Å². The molecule has 1 nitrogen and oxygen atoms in total. The minimum absolute atomic E-state index is 0.339. The average molecular weight is 323 g/mol. The number of rotatable bonds is 3. The molecule has 1 aliphatic carbocycles. The van der Waals surface area contributed by atoms with E-state index in [0.29, 0.717) is 12.2 Å². The summed E-state index contributed by atoms with van der Waals surface area (Å²) in [7, 11) is -1.28. The highest BCUT2D eigenvalue weighted by Gasteiger charge is 2.27. The summed E-state index contributed by atoms with van der Waals surface area (Å²) in [4.78, 5) is 12.4. The van der Waals surface area contributed by atoms with E-state index in [1.807, 2.05) is 0 Å². The zero-order valence-corrected chi connectivity index (χ0v) is 15.7. The minimum atomic E-state index is -1.28. The van der Waals surface area contributed by atoms with Crippen LogP contribution in [0, 0.1) is 6.92 Å². The lowest BCUT2D eigenvalue weighted by Gasteiger charge is -2.27. The molecule has 0 unspecified atom stereocenters. The first-order valence-corrected chi connectivity index (χ1v) is 12.3. The fourth-order valence-electron chi connectivity index (χ4n) is 3.75. The molecule has 120 valence electrons. The molecule has 2 aromatic rings. The first-order chi connectivity index (χ1) is 10.9. The van der Waals surface area contributed by atoms with Crippen molar-refractivity contribution in [3.8, 4) is 11.1 Å². The monoisotopic (exact) mass is 322 g/mol. The third kappa shape index (κ3) is 3.32. The Morgan fingerprint density at radius 1 is 1.04 bits per heavy atom. The average Bonchev–Trinajstić information content (AvgIpc) is 2.48. The first kappa shape index (κ1) is 16.2. The standard InChI is InChI=1S/C21H26OSi/c1-15-13-18-17(11-8-12-20(18)22)19(14-23(2,3)4)21(15)16-9-6-5-7-10-16/h5-7,9-10,13H,8,11-12,14H2,1-4H3. The second-order valence-electron chi connectivity index (χ2n) is 7.95. The van der Waals surface area contributed by atoms with Gasteiger partial charge in [0.2, 0.25) is 0 Å². The van der Waals surface area contributed by atoms with E-state index in [-0.39, 0.29) is 0 Å². The molecule has 0 fully saturated rings. The van der Waals surface area contributed by atoms with Crippen LogP contribution < -0.4 is 0 Å². The van der Waals surface area contributed by atoms with Crippen LogP contribution in [0.5, 0.6) is 0 Å². The number of Topliss-reactive ketones (excluding diaryl/α,β-unsaturated/α-hetero) is 1. The highest BCUT2D eigenvalue weighted by molar-refractivity contribution is 6.75. The van der Waals surface area contributed by atoms with Crippen LogP contribution in [0.2, 0.25) is 19.6 Å². The summed E-state index contributed by atoms with van der Waals surface area (Å²) < 4.78 is 0. The molecule has 2 aromatic carbocycles. The quantitative estimate of drug-likeness (QED) is 0.672. The second-order valence-corrected chi connectivity index (χ2v) is 13.4. The van der Waals surface area contributed by atoms with E-state index in [9.17, 15) is 4.79 Å². The molecule has 0 atom stereocenters. The topological polar surface area (TPSA) is 17.1 Å². The third-order valence-corrected chi connectivity index (χ3v) is 6.06. The van der Waals surface area contributed by atoms with E-state index in [1.54, 1.807) is 0 Å². The van der Waals surface area contributed by atoms with Crippen LogP contribution in [0.1, 0.15) is 39.9 Å². The van der Waals surface area contributed by atoms with Gasteiger partial charge in [-0.25, -0.2) is 0 Å². The van der Waals surface area contributed by atoms with Crippen molar-refractivity contribution < 1.29 is 4.79 Å². The minimum Gasteiger partial charge on any atom is -0.294 e. The molecule has 0 heterocycles. The van der Waals surface area contributed by atoms with Crippen LogP contribution in [-0.2, 0) is 12.5 Å². The van der Waals surface area contributed by atoms with Gasteiger partial charge in [0.25, 0.3) is 0 Å². The van der Waals surface area contributed by atoms with E-state index in [1.165, 1.54) is 27.8 Å². The summed E-state index contributed by atoms with van der Waals surface area (Å²) >= 11 is 0. The Morgan fingerprint density at radius 2 is 1.74 bits per heavy atom. The van der Waals surface area contributed by atoms with Gasteiger partial charge in [-0.05, 0) is 59.7 Å². The third-order valence-electron chi connectivity index (χ3n) is 4.65. The Hall–Kier alpha value is -1.67. The number of carbonyl (C=O) groups is 1. The normalized spacial score (nSPS) is 14.7. The van der Waals surface area contributed by atoms with Crippen molar-refractivity contribution >= 4 is 13.9 Å². The molecule has 0 saturated heterocycles. The van der Waals surface area contributed by atoms with Gasteiger partial charge in [-0.15, -0.1) is 0 Å². The molecule has 0 aliphatic heterocycles. The summed E-state index contributed by atoms with van der Waals surface area (Å²) in [5.41, 5.74) is 7.72. The van der Waals surface area contributed by atoms with Crippen LogP contribution in [0.4, 0.5) is 0 Å². The zero-order chi connectivity index (χ0) is 16.6. The summed E-state index contributed by atoms with van der Waals surface area (Å²) in [6.45, 7) is 9.42. The Labute approximate surface area is 140 Å². The van der Waals surface area contributed by atoms with E-state index in [2.05, 4.69) is 63.0 Å². The largest absolute Gasteiger partial charge is 0.294 e. The lowest BCUT2D eigenvalue weighted by Crippen LogP contribution is -2.27. The molecule has 0 radical (unpaired) electrons. The fraction of sp³-hybridized carbons (Fsp3) is 0.381. The Bertz CT molecular complexity index is 739. The van der Waals surface area contributed by atoms with Crippen LogP contribution in [0.25, 0.3) is 11.1 Å². The van der Waals surface area contributed by atoms with Crippen molar-refractivity contribution in [3.63, 3.8) is 0 Å². The maximum atomic E-state index is 12.4. The first-order valence-electron chi connectivity index (χ1n) is 8.61. The summed E-state index contributed by atoms with van der Waals surface area (Å²) in [6.07, 6.45) is 2.77. The van der Waals surface area contributed by atoms with Gasteiger partial charge in [0, 0.05) is 20.1 Å². The molecule has 0 spiro atoms. The van der Waals surface area contributed by atoms with Crippen molar-refractivity contribution in [1.29, 1.82) is 0 Å². The lowest BCUT2D eigenvalue weighted by molar-refractivity contribution is 0.0972. The molecule has 0 aromatic heterocycles. The summed E-state index contributed by atoms with van der Waals surface area (Å²) in [5, 5.41) is 0. The lowest BCUT2D eigenvalue weighted by atomic mass is 9.82. The number of benzene rings is 2.